The normalized spacial score (nSPS) is 22.5. The average molecular weight is 450 g/mol. The summed E-state index contributed by atoms with van der Waals surface area (Å²) in [5, 5.41) is 0. The minimum atomic E-state index is -0.706. The number of carbonyl (C=O) groups is 2. The van der Waals surface area contributed by atoms with Crippen LogP contribution in [0.15, 0.2) is 64.8 Å². The highest BCUT2D eigenvalue weighted by Crippen LogP contribution is 2.47. The summed E-state index contributed by atoms with van der Waals surface area (Å²) in [7, 11) is 1.62. The molecule has 33 heavy (non-hydrogen) atoms. The molecule has 0 radical (unpaired) electrons. The molecule has 2 aromatic carbocycles. The summed E-state index contributed by atoms with van der Waals surface area (Å²) in [5.41, 5.74) is 3.64. The number of aliphatic imine (C=N–C) groups is 1. The quantitative estimate of drug-likeness (QED) is 0.557. The Bertz CT molecular complexity index is 1100. The van der Waals surface area contributed by atoms with Gasteiger partial charge in [0.2, 0.25) is 0 Å². The molecule has 2 aliphatic rings. The fraction of sp³-hybridized carbons (Fsp3) is 0.370. The zero-order valence-corrected chi connectivity index (χ0v) is 19.1. The van der Waals surface area contributed by atoms with Gasteiger partial charge in [0.05, 0.1) is 13.7 Å². The number of ether oxygens (including phenoxy) is 2. The van der Waals surface area contributed by atoms with E-state index in [0.717, 1.165) is 11.3 Å². The molecule has 3 unspecified atom stereocenters. The maximum absolute atomic E-state index is 13.7. The van der Waals surface area contributed by atoms with E-state index in [9.17, 15) is 14.0 Å². The van der Waals surface area contributed by atoms with E-state index in [4.69, 9.17) is 14.5 Å². The number of benzene rings is 2. The summed E-state index contributed by atoms with van der Waals surface area (Å²) in [6, 6.07) is 13.7. The topological polar surface area (TPSA) is 65.0 Å². The van der Waals surface area contributed by atoms with Crippen LogP contribution in [0.5, 0.6) is 5.75 Å². The van der Waals surface area contributed by atoms with Crippen LogP contribution >= 0.6 is 0 Å². The monoisotopic (exact) mass is 449 g/mol. The molecular formula is C27H28FNO4. The van der Waals surface area contributed by atoms with Crippen molar-refractivity contribution >= 4 is 17.5 Å². The fourth-order valence-corrected chi connectivity index (χ4v) is 4.80. The number of halogens is 1. The minimum absolute atomic E-state index is 0.00355. The third-order valence-electron chi connectivity index (χ3n) is 6.41. The molecule has 4 rings (SSSR count). The first-order valence-electron chi connectivity index (χ1n) is 11.3. The van der Waals surface area contributed by atoms with Crippen LogP contribution in [0.25, 0.3) is 0 Å². The highest BCUT2D eigenvalue weighted by atomic mass is 19.1. The number of nitrogens with zero attached hydrogens (tertiary/aromatic N) is 1. The van der Waals surface area contributed by atoms with E-state index in [1.807, 2.05) is 31.2 Å². The predicted molar refractivity (Wildman–Crippen MR) is 124 cm³/mol. The Balaban J connectivity index is 1.74. The first-order chi connectivity index (χ1) is 15.9. The van der Waals surface area contributed by atoms with E-state index in [1.165, 1.54) is 12.1 Å². The summed E-state index contributed by atoms with van der Waals surface area (Å²) in [4.78, 5) is 31.3. The van der Waals surface area contributed by atoms with Crippen molar-refractivity contribution in [2.75, 3.05) is 13.7 Å². The summed E-state index contributed by atoms with van der Waals surface area (Å²) in [5.74, 6) is -1.28. The highest BCUT2D eigenvalue weighted by molar-refractivity contribution is 6.09. The summed E-state index contributed by atoms with van der Waals surface area (Å²) in [6.45, 7) is 4.04. The van der Waals surface area contributed by atoms with Crippen LogP contribution < -0.4 is 4.74 Å². The molecule has 3 atom stereocenters. The molecule has 0 saturated heterocycles. The van der Waals surface area contributed by atoms with Crippen LogP contribution in [0.2, 0.25) is 0 Å². The Kier molecular flexibility index (Phi) is 6.72. The molecule has 172 valence electrons. The van der Waals surface area contributed by atoms with Crippen molar-refractivity contribution in [2.45, 2.75) is 44.9 Å². The van der Waals surface area contributed by atoms with Crippen molar-refractivity contribution in [2.24, 2.45) is 10.9 Å². The highest BCUT2D eigenvalue weighted by Gasteiger charge is 2.44. The van der Waals surface area contributed by atoms with Crippen molar-refractivity contribution < 1.29 is 23.5 Å². The molecule has 0 aromatic heterocycles. The molecule has 2 aromatic rings. The van der Waals surface area contributed by atoms with Gasteiger partial charge in [-0.3, -0.25) is 14.6 Å². The number of Topliss-reactive ketones (excluding diaryl/α,β-unsaturated/α-hetero) is 1. The van der Waals surface area contributed by atoms with E-state index in [-0.39, 0.29) is 17.5 Å². The van der Waals surface area contributed by atoms with Crippen LogP contribution in [0.1, 0.15) is 56.1 Å². The first kappa shape index (κ1) is 22.9. The molecule has 0 saturated carbocycles. The molecule has 0 fully saturated rings. The zero-order valence-electron chi connectivity index (χ0n) is 19.1. The Hall–Kier alpha value is -3.28. The van der Waals surface area contributed by atoms with Gasteiger partial charge in [-0.25, -0.2) is 4.39 Å². The van der Waals surface area contributed by atoms with E-state index < -0.39 is 17.8 Å². The van der Waals surface area contributed by atoms with Crippen molar-refractivity contribution in [1.29, 1.82) is 0 Å². The molecule has 5 nitrogen and oxygen atoms in total. The smallest absolute Gasteiger partial charge is 0.315 e. The van der Waals surface area contributed by atoms with Gasteiger partial charge in [-0.2, -0.15) is 0 Å². The second kappa shape index (κ2) is 9.69. The Morgan fingerprint density at radius 2 is 1.73 bits per heavy atom. The number of esters is 1. The van der Waals surface area contributed by atoms with Crippen molar-refractivity contribution in [3.63, 3.8) is 0 Å². The SMILES string of the molecule is CCCOC(=O)C1C(C)=NC2=C(C(=O)CC(c3ccc(OC)cc3)C2)C1c1ccc(F)cc1. The van der Waals surface area contributed by atoms with Gasteiger partial charge in [-0.15, -0.1) is 0 Å². The number of carbonyl (C=O) groups excluding carboxylic acids is 2. The van der Waals surface area contributed by atoms with Gasteiger partial charge in [0, 0.05) is 29.3 Å². The lowest BCUT2D eigenvalue weighted by molar-refractivity contribution is -0.146. The van der Waals surface area contributed by atoms with Crippen molar-refractivity contribution in [3.05, 3.63) is 76.7 Å². The molecule has 1 aliphatic carbocycles. The average Bonchev–Trinajstić information content (AvgIpc) is 2.82. The van der Waals surface area contributed by atoms with Gasteiger partial charge < -0.3 is 9.47 Å². The lowest BCUT2D eigenvalue weighted by atomic mass is 9.69. The molecule has 0 spiro atoms. The maximum Gasteiger partial charge on any atom is 0.315 e. The standard InChI is InChI=1S/C27H28FNO4/c1-4-13-33-27(31)24-16(2)29-22-14-19(17-7-11-21(32-3)12-8-17)15-23(30)26(22)25(24)18-5-9-20(28)10-6-18/h5-12,19,24-25H,4,13-15H2,1-3H3. The van der Waals surface area contributed by atoms with E-state index >= 15 is 0 Å². The Morgan fingerprint density at radius 1 is 1.06 bits per heavy atom. The van der Waals surface area contributed by atoms with Crippen LogP contribution in [0, 0.1) is 11.7 Å². The first-order valence-corrected chi connectivity index (χ1v) is 11.3. The second-order valence-corrected chi connectivity index (χ2v) is 8.59. The second-order valence-electron chi connectivity index (χ2n) is 8.59. The lowest BCUT2D eigenvalue weighted by Crippen LogP contribution is -2.38. The number of hydrogen-bond donors (Lipinski definition) is 0. The molecule has 0 bridgehead atoms. The molecular weight excluding hydrogens is 421 g/mol. The Labute approximate surface area is 193 Å². The minimum Gasteiger partial charge on any atom is -0.497 e. The van der Waals surface area contributed by atoms with Gasteiger partial charge in [-0.1, -0.05) is 31.2 Å². The maximum atomic E-state index is 13.7. The largest absolute Gasteiger partial charge is 0.497 e. The van der Waals surface area contributed by atoms with Crippen LogP contribution in [0.3, 0.4) is 0 Å². The number of allylic oxidation sites excluding steroid dienone is 2. The number of methoxy groups -OCH3 is 1. The third kappa shape index (κ3) is 4.61. The Morgan fingerprint density at radius 3 is 2.36 bits per heavy atom. The van der Waals surface area contributed by atoms with Crippen molar-refractivity contribution in [3.8, 4) is 5.75 Å². The van der Waals surface area contributed by atoms with E-state index in [1.54, 1.807) is 26.2 Å². The number of rotatable bonds is 6. The molecule has 0 amide bonds. The predicted octanol–water partition coefficient (Wildman–Crippen LogP) is 5.36. The third-order valence-corrected chi connectivity index (χ3v) is 6.41. The molecule has 0 N–H and O–H groups in total. The van der Waals surface area contributed by atoms with E-state index in [2.05, 4.69) is 0 Å². The van der Waals surface area contributed by atoms with Crippen LogP contribution in [0.4, 0.5) is 4.39 Å². The van der Waals surface area contributed by atoms with Gasteiger partial charge in [-0.05, 0) is 61.1 Å². The molecule has 1 heterocycles. The van der Waals surface area contributed by atoms with Crippen LogP contribution in [-0.4, -0.2) is 31.2 Å². The van der Waals surface area contributed by atoms with Crippen LogP contribution in [-0.2, 0) is 14.3 Å². The summed E-state index contributed by atoms with van der Waals surface area (Å²) >= 11 is 0. The number of ketones is 1. The molecule has 1 aliphatic heterocycles. The molecule has 6 heteroatoms. The van der Waals surface area contributed by atoms with Gasteiger partial charge >= 0.3 is 5.97 Å². The lowest BCUT2D eigenvalue weighted by Gasteiger charge is -2.36. The fourth-order valence-electron chi connectivity index (χ4n) is 4.80. The summed E-state index contributed by atoms with van der Waals surface area (Å²) in [6.07, 6.45) is 1.62. The van der Waals surface area contributed by atoms with Gasteiger partial charge in [0.1, 0.15) is 17.5 Å². The zero-order chi connectivity index (χ0) is 23.5. The van der Waals surface area contributed by atoms with Crippen molar-refractivity contribution in [1.82, 2.24) is 0 Å². The summed E-state index contributed by atoms with van der Waals surface area (Å²) < 4.78 is 24.4. The number of hydrogen-bond acceptors (Lipinski definition) is 5. The van der Waals surface area contributed by atoms with E-state index in [0.29, 0.717) is 48.4 Å². The van der Waals surface area contributed by atoms with Gasteiger partial charge in [0.15, 0.2) is 5.78 Å². The van der Waals surface area contributed by atoms with Gasteiger partial charge in [0.25, 0.3) is 0 Å².